The predicted molar refractivity (Wildman–Crippen MR) is 108 cm³/mol. The number of hydrogen-bond donors (Lipinski definition) is 1. The quantitative estimate of drug-likeness (QED) is 0.683. The molecule has 3 rings (SSSR count). The number of amides is 1. The largest absolute Gasteiger partial charge is 0.465 e. The van der Waals surface area contributed by atoms with Crippen LogP contribution in [0.1, 0.15) is 50.8 Å². The first-order valence-corrected chi connectivity index (χ1v) is 11.6. The molecular formula is C18H24N4O5S2. The molecule has 0 bridgehead atoms. The van der Waals surface area contributed by atoms with Crippen LogP contribution in [0.15, 0.2) is 10.3 Å². The van der Waals surface area contributed by atoms with Crippen molar-refractivity contribution >= 4 is 33.2 Å². The summed E-state index contributed by atoms with van der Waals surface area (Å²) in [6.45, 7) is 6.80. The summed E-state index contributed by atoms with van der Waals surface area (Å²) >= 11 is 1.02. The van der Waals surface area contributed by atoms with Crippen LogP contribution in [-0.4, -0.2) is 55.2 Å². The van der Waals surface area contributed by atoms with Crippen LogP contribution in [0.3, 0.4) is 0 Å². The van der Waals surface area contributed by atoms with E-state index >= 15 is 0 Å². The van der Waals surface area contributed by atoms with E-state index in [1.807, 2.05) is 13.8 Å². The van der Waals surface area contributed by atoms with Crippen LogP contribution in [0.2, 0.25) is 0 Å². The van der Waals surface area contributed by atoms with E-state index in [1.165, 1.54) is 7.11 Å². The third-order valence-electron chi connectivity index (χ3n) is 4.70. The fourth-order valence-electron chi connectivity index (χ4n) is 3.43. The van der Waals surface area contributed by atoms with E-state index in [0.29, 0.717) is 35.6 Å². The number of thiophene rings is 1. The topological polar surface area (TPSA) is 111 Å². The monoisotopic (exact) mass is 440 g/mol. The lowest BCUT2D eigenvalue weighted by molar-refractivity contribution is 0.0595. The zero-order chi connectivity index (χ0) is 21.3. The van der Waals surface area contributed by atoms with Crippen molar-refractivity contribution in [2.24, 2.45) is 0 Å². The fourth-order valence-corrected chi connectivity index (χ4v) is 6.41. The molecule has 0 aliphatic carbocycles. The summed E-state index contributed by atoms with van der Waals surface area (Å²) in [4.78, 5) is 27.7. The van der Waals surface area contributed by atoms with Crippen LogP contribution >= 0.6 is 11.3 Å². The van der Waals surface area contributed by atoms with E-state index in [2.05, 4.69) is 9.82 Å². The first kappa shape index (κ1) is 21.5. The minimum Gasteiger partial charge on any atom is -0.465 e. The number of sulfonamides is 1. The highest BCUT2D eigenvalue weighted by atomic mass is 32.2. The molecule has 0 saturated heterocycles. The Balaban J connectivity index is 1.99. The Kier molecular flexibility index (Phi) is 6.11. The first-order valence-electron chi connectivity index (χ1n) is 9.29. The number of nitrogens with one attached hydrogen (secondary N) is 1. The van der Waals surface area contributed by atoms with E-state index in [0.717, 1.165) is 17.0 Å². The molecule has 1 amide bonds. The van der Waals surface area contributed by atoms with Crippen LogP contribution in [0.5, 0.6) is 0 Å². The van der Waals surface area contributed by atoms with Crippen LogP contribution in [0, 0.1) is 6.92 Å². The summed E-state index contributed by atoms with van der Waals surface area (Å²) in [5.41, 5.74) is 1.98. The lowest BCUT2D eigenvalue weighted by atomic mass is 10.0. The molecule has 0 fully saturated rings. The highest BCUT2D eigenvalue weighted by molar-refractivity contribution is 7.91. The van der Waals surface area contributed by atoms with Gasteiger partial charge in [-0.3, -0.25) is 9.48 Å². The molecule has 0 aromatic carbocycles. The number of hydrogen-bond acceptors (Lipinski definition) is 7. The van der Waals surface area contributed by atoms with E-state index < -0.39 is 16.0 Å². The summed E-state index contributed by atoms with van der Waals surface area (Å²) in [5, 5.41) is 4.32. The summed E-state index contributed by atoms with van der Waals surface area (Å²) < 4.78 is 34.1. The zero-order valence-electron chi connectivity index (χ0n) is 16.8. The number of rotatable bonds is 6. The summed E-state index contributed by atoms with van der Waals surface area (Å²) in [5.74, 6) is -0.847. The Hall–Kier alpha value is -2.24. The standard InChI is InChI=1S/C18H24N4O5S2/c1-5-19-29(25,26)18-15(17(24)27-4)12-7-8-21(10-14(12)28-18)16(23)13-9-11(3)20-22(13)6-2/h9,19H,5-8,10H2,1-4H3. The van der Waals surface area contributed by atoms with Gasteiger partial charge >= 0.3 is 5.97 Å². The maximum absolute atomic E-state index is 13.0. The SMILES string of the molecule is CCNS(=O)(=O)c1sc2c(c1C(=O)OC)CCN(C(=O)c1cc(C)nn1CC)C2. The third kappa shape index (κ3) is 3.94. The lowest BCUT2D eigenvalue weighted by Crippen LogP contribution is -2.36. The minimum absolute atomic E-state index is 0.0556. The molecule has 2 aromatic rings. The highest BCUT2D eigenvalue weighted by Gasteiger charge is 2.35. The van der Waals surface area contributed by atoms with Gasteiger partial charge < -0.3 is 9.64 Å². The third-order valence-corrected chi connectivity index (χ3v) is 7.98. The lowest BCUT2D eigenvalue weighted by Gasteiger charge is -2.27. The Morgan fingerprint density at radius 1 is 1.34 bits per heavy atom. The second-order valence-corrected chi connectivity index (χ2v) is 9.69. The first-order chi connectivity index (χ1) is 13.7. The maximum atomic E-state index is 13.0. The molecule has 11 heteroatoms. The van der Waals surface area contributed by atoms with Crippen LogP contribution in [-0.2, 0) is 34.3 Å². The van der Waals surface area contributed by atoms with Gasteiger partial charge in [0.1, 0.15) is 9.90 Å². The number of methoxy groups -OCH3 is 1. The van der Waals surface area contributed by atoms with Gasteiger partial charge in [0.05, 0.1) is 24.9 Å². The van der Waals surface area contributed by atoms with Gasteiger partial charge in [-0.05, 0) is 31.9 Å². The van der Waals surface area contributed by atoms with E-state index in [9.17, 15) is 18.0 Å². The molecule has 0 unspecified atom stereocenters. The Labute approximate surface area is 173 Å². The second-order valence-electron chi connectivity index (χ2n) is 6.62. The Morgan fingerprint density at radius 3 is 2.69 bits per heavy atom. The van der Waals surface area contributed by atoms with E-state index in [-0.39, 0.29) is 28.8 Å². The summed E-state index contributed by atoms with van der Waals surface area (Å²) in [6.07, 6.45) is 0.378. The van der Waals surface area contributed by atoms with Gasteiger partial charge in [-0.15, -0.1) is 11.3 Å². The van der Waals surface area contributed by atoms with Gasteiger partial charge in [0.15, 0.2) is 0 Å². The molecule has 1 N–H and O–H groups in total. The number of aryl methyl sites for hydroxylation is 2. The molecule has 29 heavy (non-hydrogen) atoms. The smallest absolute Gasteiger partial charge is 0.340 e. The number of esters is 1. The Bertz CT molecular complexity index is 1050. The highest BCUT2D eigenvalue weighted by Crippen LogP contribution is 2.37. The summed E-state index contributed by atoms with van der Waals surface area (Å²) in [6, 6.07) is 1.75. The molecule has 0 saturated carbocycles. The van der Waals surface area contributed by atoms with Gasteiger partial charge in [-0.25, -0.2) is 17.9 Å². The fraction of sp³-hybridized carbons (Fsp3) is 0.500. The molecule has 3 heterocycles. The average molecular weight is 441 g/mol. The molecule has 9 nitrogen and oxygen atoms in total. The van der Waals surface area contributed by atoms with Crippen molar-refractivity contribution in [1.29, 1.82) is 0 Å². The average Bonchev–Trinajstić information content (AvgIpc) is 3.27. The molecular weight excluding hydrogens is 416 g/mol. The molecule has 0 radical (unpaired) electrons. The van der Waals surface area contributed by atoms with Crippen molar-refractivity contribution in [1.82, 2.24) is 19.4 Å². The van der Waals surface area contributed by atoms with Gasteiger partial charge in [0.25, 0.3) is 15.9 Å². The normalized spacial score (nSPS) is 14.0. The van der Waals surface area contributed by atoms with Crippen molar-refractivity contribution in [2.75, 3.05) is 20.2 Å². The molecule has 1 aliphatic heterocycles. The maximum Gasteiger partial charge on any atom is 0.340 e. The summed E-state index contributed by atoms with van der Waals surface area (Å²) in [7, 11) is -2.61. The van der Waals surface area contributed by atoms with E-state index in [4.69, 9.17) is 4.74 Å². The van der Waals surface area contributed by atoms with Crippen molar-refractivity contribution in [2.45, 2.75) is 44.5 Å². The van der Waals surface area contributed by atoms with Crippen molar-refractivity contribution in [3.05, 3.63) is 33.5 Å². The van der Waals surface area contributed by atoms with Crippen LogP contribution in [0.25, 0.3) is 0 Å². The molecule has 2 aromatic heterocycles. The van der Waals surface area contributed by atoms with Crippen LogP contribution < -0.4 is 4.72 Å². The van der Waals surface area contributed by atoms with E-state index in [1.54, 1.807) is 22.6 Å². The molecule has 0 spiro atoms. The van der Waals surface area contributed by atoms with Gasteiger partial charge in [0.2, 0.25) is 0 Å². The minimum atomic E-state index is -3.84. The molecule has 158 valence electrons. The predicted octanol–water partition coefficient (Wildman–Crippen LogP) is 1.56. The van der Waals surface area contributed by atoms with Crippen LogP contribution in [0.4, 0.5) is 0 Å². The number of ether oxygens (including phenoxy) is 1. The van der Waals surface area contributed by atoms with Crippen molar-refractivity contribution in [3.8, 4) is 0 Å². The Morgan fingerprint density at radius 2 is 2.07 bits per heavy atom. The van der Waals surface area contributed by atoms with Gasteiger partial charge in [-0.2, -0.15) is 5.10 Å². The number of nitrogens with zero attached hydrogens (tertiary/aromatic N) is 3. The van der Waals surface area contributed by atoms with Gasteiger partial charge in [0, 0.05) is 24.5 Å². The molecule has 0 atom stereocenters. The van der Waals surface area contributed by atoms with Crippen molar-refractivity contribution < 1.29 is 22.7 Å². The van der Waals surface area contributed by atoms with Crippen molar-refractivity contribution in [3.63, 3.8) is 0 Å². The second kappa shape index (κ2) is 8.25. The number of carbonyl (C=O) groups is 2. The number of aromatic nitrogens is 2. The molecule has 1 aliphatic rings. The van der Waals surface area contributed by atoms with Gasteiger partial charge in [-0.1, -0.05) is 6.92 Å². The number of fused-ring (bicyclic) bond motifs is 1. The zero-order valence-corrected chi connectivity index (χ0v) is 18.4. The number of carbonyl (C=O) groups excluding carboxylic acids is 2.